The van der Waals surface area contributed by atoms with Crippen LogP contribution in [0.4, 0.5) is 0 Å². The van der Waals surface area contributed by atoms with Crippen LogP contribution in [0.2, 0.25) is 0 Å². The van der Waals surface area contributed by atoms with E-state index in [9.17, 15) is 0 Å². The highest BCUT2D eigenvalue weighted by Crippen LogP contribution is 2.19. The lowest BCUT2D eigenvalue weighted by atomic mass is 10.2. The number of hydrogen-bond donors (Lipinski definition) is 1. The van der Waals surface area contributed by atoms with Crippen LogP contribution in [-0.2, 0) is 11.3 Å². The fourth-order valence-electron chi connectivity index (χ4n) is 2.20. The molecule has 3 nitrogen and oxygen atoms in total. The lowest BCUT2D eigenvalue weighted by Crippen LogP contribution is -2.37. The summed E-state index contributed by atoms with van der Waals surface area (Å²) < 4.78 is 7.58. The van der Waals surface area contributed by atoms with Gasteiger partial charge in [-0.25, -0.2) is 0 Å². The first kappa shape index (κ1) is 15.4. The molecule has 1 aliphatic heterocycles. The van der Waals surface area contributed by atoms with E-state index in [4.69, 9.17) is 4.74 Å². The standard InChI is InChI=1S/C14H20Br2N2O/c15-13-8-12(9-14(16)10-13)11-17-2-1-3-18-4-6-19-7-5-18/h8-10,17H,1-7,11H2. The van der Waals surface area contributed by atoms with Gasteiger partial charge in [0.25, 0.3) is 0 Å². The third kappa shape index (κ3) is 5.92. The van der Waals surface area contributed by atoms with Crippen LogP contribution in [0.1, 0.15) is 12.0 Å². The second-order valence-corrected chi connectivity index (χ2v) is 6.59. The Kier molecular flexibility index (Phi) is 6.81. The number of benzene rings is 1. The maximum atomic E-state index is 5.34. The number of ether oxygens (including phenoxy) is 1. The zero-order valence-corrected chi connectivity index (χ0v) is 14.2. The second-order valence-electron chi connectivity index (χ2n) is 4.76. The van der Waals surface area contributed by atoms with Crippen molar-refractivity contribution in [3.8, 4) is 0 Å². The van der Waals surface area contributed by atoms with Crippen LogP contribution < -0.4 is 5.32 Å². The van der Waals surface area contributed by atoms with Crippen LogP contribution in [0.25, 0.3) is 0 Å². The van der Waals surface area contributed by atoms with E-state index >= 15 is 0 Å². The average molecular weight is 392 g/mol. The molecule has 5 heteroatoms. The van der Waals surface area contributed by atoms with Crippen molar-refractivity contribution in [3.05, 3.63) is 32.7 Å². The summed E-state index contributed by atoms with van der Waals surface area (Å²) in [4.78, 5) is 2.47. The van der Waals surface area contributed by atoms with E-state index < -0.39 is 0 Å². The molecular weight excluding hydrogens is 372 g/mol. The molecule has 1 aliphatic rings. The summed E-state index contributed by atoms with van der Waals surface area (Å²) in [5, 5.41) is 3.50. The molecule has 0 radical (unpaired) electrons. The molecule has 0 unspecified atom stereocenters. The van der Waals surface area contributed by atoms with Gasteiger partial charge in [-0.05, 0) is 43.3 Å². The first-order valence-corrected chi connectivity index (χ1v) is 8.28. The molecule has 19 heavy (non-hydrogen) atoms. The molecule has 0 bridgehead atoms. The van der Waals surface area contributed by atoms with Gasteiger partial charge < -0.3 is 10.1 Å². The molecule has 0 aliphatic carbocycles. The van der Waals surface area contributed by atoms with Crippen LogP contribution in [0.3, 0.4) is 0 Å². The molecule has 0 spiro atoms. The van der Waals surface area contributed by atoms with Crippen LogP contribution in [0, 0.1) is 0 Å². The first-order chi connectivity index (χ1) is 9.24. The molecule has 1 saturated heterocycles. The molecule has 0 atom stereocenters. The largest absolute Gasteiger partial charge is 0.379 e. The Balaban J connectivity index is 1.60. The van der Waals surface area contributed by atoms with Gasteiger partial charge in [-0.15, -0.1) is 0 Å². The zero-order valence-electron chi connectivity index (χ0n) is 11.0. The van der Waals surface area contributed by atoms with Gasteiger partial charge in [-0.2, -0.15) is 0 Å². The molecular formula is C14H20Br2N2O. The Bertz CT molecular complexity index is 375. The summed E-state index contributed by atoms with van der Waals surface area (Å²) in [6, 6.07) is 6.36. The van der Waals surface area contributed by atoms with Crippen molar-refractivity contribution >= 4 is 31.9 Å². The predicted molar refractivity (Wildman–Crippen MR) is 85.4 cm³/mol. The van der Waals surface area contributed by atoms with E-state index in [1.807, 2.05) is 0 Å². The van der Waals surface area contributed by atoms with Crippen molar-refractivity contribution in [3.63, 3.8) is 0 Å². The fourth-order valence-corrected chi connectivity index (χ4v) is 3.59. The van der Waals surface area contributed by atoms with E-state index in [0.29, 0.717) is 0 Å². The third-order valence-electron chi connectivity index (χ3n) is 3.18. The van der Waals surface area contributed by atoms with E-state index in [1.54, 1.807) is 0 Å². The summed E-state index contributed by atoms with van der Waals surface area (Å²) >= 11 is 7.02. The molecule has 0 amide bonds. The molecule has 1 heterocycles. The summed E-state index contributed by atoms with van der Waals surface area (Å²) in [5.41, 5.74) is 1.30. The van der Waals surface area contributed by atoms with Gasteiger partial charge in [0.15, 0.2) is 0 Å². The Morgan fingerprint density at radius 3 is 2.47 bits per heavy atom. The molecule has 2 rings (SSSR count). The number of hydrogen-bond acceptors (Lipinski definition) is 3. The van der Waals surface area contributed by atoms with Crippen molar-refractivity contribution in [2.45, 2.75) is 13.0 Å². The van der Waals surface area contributed by atoms with E-state index in [2.05, 4.69) is 60.3 Å². The van der Waals surface area contributed by atoms with E-state index in [0.717, 1.165) is 48.3 Å². The molecule has 1 aromatic carbocycles. The Hall–Kier alpha value is 0.0600. The quantitative estimate of drug-likeness (QED) is 0.754. The number of rotatable bonds is 6. The summed E-state index contributed by atoms with van der Waals surface area (Å²) in [6.07, 6.45) is 1.19. The molecule has 106 valence electrons. The average Bonchev–Trinajstić information content (AvgIpc) is 2.38. The topological polar surface area (TPSA) is 24.5 Å². The van der Waals surface area contributed by atoms with Gasteiger partial charge in [0, 0.05) is 28.6 Å². The maximum absolute atomic E-state index is 5.34. The highest BCUT2D eigenvalue weighted by Gasteiger charge is 2.08. The highest BCUT2D eigenvalue weighted by atomic mass is 79.9. The minimum Gasteiger partial charge on any atom is -0.379 e. The highest BCUT2D eigenvalue weighted by molar-refractivity contribution is 9.11. The van der Waals surface area contributed by atoms with Gasteiger partial charge in [-0.1, -0.05) is 31.9 Å². The van der Waals surface area contributed by atoms with Crippen molar-refractivity contribution < 1.29 is 4.74 Å². The molecule has 1 N–H and O–H groups in total. The van der Waals surface area contributed by atoms with Gasteiger partial charge in [0.1, 0.15) is 0 Å². The van der Waals surface area contributed by atoms with Crippen LogP contribution >= 0.6 is 31.9 Å². The monoisotopic (exact) mass is 390 g/mol. The number of halogens is 2. The normalized spacial score (nSPS) is 16.7. The minimum absolute atomic E-state index is 0.888. The lowest BCUT2D eigenvalue weighted by Gasteiger charge is -2.26. The van der Waals surface area contributed by atoms with Crippen LogP contribution in [0.15, 0.2) is 27.1 Å². The second kappa shape index (κ2) is 8.37. The fraction of sp³-hybridized carbons (Fsp3) is 0.571. The first-order valence-electron chi connectivity index (χ1n) is 6.70. The summed E-state index contributed by atoms with van der Waals surface area (Å²) in [6.45, 7) is 7.08. The molecule has 0 aromatic heterocycles. The van der Waals surface area contributed by atoms with Crippen molar-refractivity contribution in [1.29, 1.82) is 0 Å². The minimum atomic E-state index is 0.888. The van der Waals surface area contributed by atoms with Gasteiger partial charge in [-0.3, -0.25) is 4.90 Å². The van der Waals surface area contributed by atoms with Crippen molar-refractivity contribution in [2.75, 3.05) is 39.4 Å². The Labute approximate surface area is 132 Å². The van der Waals surface area contributed by atoms with Gasteiger partial charge >= 0.3 is 0 Å². The number of morpholine rings is 1. The SMILES string of the molecule is Brc1cc(Br)cc(CNCCCN2CCOCC2)c1. The van der Waals surface area contributed by atoms with Crippen LogP contribution in [-0.4, -0.2) is 44.3 Å². The smallest absolute Gasteiger partial charge is 0.0594 e. The maximum Gasteiger partial charge on any atom is 0.0594 e. The molecule has 0 saturated carbocycles. The zero-order chi connectivity index (χ0) is 13.5. The Morgan fingerprint density at radius 1 is 1.11 bits per heavy atom. The lowest BCUT2D eigenvalue weighted by molar-refractivity contribution is 0.0374. The van der Waals surface area contributed by atoms with Crippen molar-refractivity contribution in [1.82, 2.24) is 10.2 Å². The van der Waals surface area contributed by atoms with Gasteiger partial charge in [0.05, 0.1) is 13.2 Å². The van der Waals surface area contributed by atoms with Crippen molar-refractivity contribution in [2.24, 2.45) is 0 Å². The third-order valence-corrected chi connectivity index (χ3v) is 4.10. The Morgan fingerprint density at radius 2 is 1.79 bits per heavy atom. The van der Waals surface area contributed by atoms with E-state index in [-0.39, 0.29) is 0 Å². The molecule has 1 aromatic rings. The number of nitrogens with one attached hydrogen (secondary N) is 1. The van der Waals surface area contributed by atoms with Crippen LogP contribution in [0.5, 0.6) is 0 Å². The summed E-state index contributed by atoms with van der Waals surface area (Å²) in [7, 11) is 0. The van der Waals surface area contributed by atoms with E-state index in [1.165, 1.54) is 18.5 Å². The summed E-state index contributed by atoms with van der Waals surface area (Å²) in [5.74, 6) is 0. The molecule has 1 fully saturated rings. The number of nitrogens with zero attached hydrogens (tertiary/aromatic N) is 1. The van der Waals surface area contributed by atoms with Gasteiger partial charge in [0.2, 0.25) is 0 Å². The predicted octanol–water partition coefficient (Wildman–Crippen LogP) is 3.02.